The molecule has 1 aliphatic heterocycles. The SMILES string of the molecule is O=S(=O)(NC1CCC1)N[C@H]1[C@@H]2CC[C@H]1Cc1ccc(/C=C/CN3CCOCC3)cc1C2. The summed E-state index contributed by atoms with van der Waals surface area (Å²) in [4.78, 5) is 2.41. The van der Waals surface area contributed by atoms with Gasteiger partial charge in [0.15, 0.2) is 0 Å². The lowest BCUT2D eigenvalue weighted by molar-refractivity contribution is 0.0435. The van der Waals surface area contributed by atoms with Gasteiger partial charge in [-0.25, -0.2) is 0 Å². The summed E-state index contributed by atoms with van der Waals surface area (Å²) >= 11 is 0. The standard InChI is InChI=1S/C24H35N3O3S/c28-31(29,25-23-4-1-5-23)26-24-20-8-9-21(24)17-22-15-18(6-7-19(22)16-20)3-2-10-27-11-13-30-14-12-27/h2-3,6-7,15,20-21,23-26H,1,4-5,8-14,16-17H2/b3-2+/t20-,21+,24+/m0/s1. The number of hydrogen-bond acceptors (Lipinski definition) is 4. The van der Waals surface area contributed by atoms with E-state index in [-0.39, 0.29) is 12.1 Å². The maximum atomic E-state index is 12.7. The van der Waals surface area contributed by atoms with E-state index in [2.05, 4.69) is 44.7 Å². The molecule has 3 atom stereocenters. The van der Waals surface area contributed by atoms with Crippen molar-refractivity contribution in [3.63, 3.8) is 0 Å². The lowest BCUT2D eigenvalue weighted by atomic mass is 9.92. The van der Waals surface area contributed by atoms with Gasteiger partial charge in [-0.1, -0.05) is 36.8 Å². The first-order valence-electron chi connectivity index (χ1n) is 11.9. The summed E-state index contributed by atoms with van der Waals surface area (Å²) in [5, 5.41) is 0. The third-order valence-corrected chi connectivity index (χ3v) is 8.84. The summed E-state index contributed by atoms with van der Waals surface area (Å²) in [6.07, 6.45) is 11.7. The van der Waals surface area contributed by atoms with Crippen LogP contribution in [0.15, 0.2) is 24.3 Å². The normalized spacial score (nSPS) is 29.6. The molecule has 1 saturated heterocycles. The van der Waals surface area contributed by atoms with Crippen LogP contribution in [0.4, 0.5) is 0 Å². The molecular weight excluding hydrogens is 410 g/mol. The van der Waals surface area contributed by atoms with Gasteiger partial charge in [0.1, 0.15) is 0 Å². The van der Waals surface area contributed by atoms with Crippen LogP contribution in [0.3, 0.4) is 0 Å². The Morgan fingerprint density at radius 3 is 2.45 bits per heavy atom. The van der Waals surface area contributed by atoms with Gasteiger partial charge in [0.05, 0.1) is 13.2 Å². The first-order chi connectivity index (χ1) is 15.1. The summed E-state index contributed by atoms with van der Waals surface area (Å²) in [6, 6.07) is 6.98. The molecule has 7 heteroatoms. The first kappa shape index (κ1) is 21.6. The van der Waals surface area contributed by atoms with Gasteiger partial charge < -0.3 is 4.74 Å². The van der Waals surface area contributed by atoms with Gasteiger partial charge in [0.2, 0.25) is 0 Å². The molecule has 1 aromatic carbocycles. The number of morpholine rings is 1. The molecule has 2 saturated carbocycles. The summed E-state index contributed by atoms with van der Waals surface area (Å²) < 4.78 is 36.6. The van der Waals surface area contributed by atoms with Crippen molar-refractivity contribution in [2.45, 2.75) is 57.0 Å². The van der Waals surface area contributed by atoms with Crippen molar-refractivity contribution in [1.82, 2.24) is 14.3 Å². The molecule has 6 nitrogen and oxygen atoms in total. The molecule has 3 fully saturated rings. The molecular formula is C24H35N3O3S. The van der Waals surface area contributed by atoms with Crippen molar-refractivity contribution in [2.24, 2.45) is 11.8 Å². The van der Waals surface area contributed by atoms with Crippen LogP contribution >= 0.6 is 0 Å². The van der Waals surface area contributed by atoms with E-state index in [0.717, 1.165) is 77.8 Å². The Balaban J connectivity index is 1.24. The fraction of sp³-hybridized carbons (Fsp3) is 0.667. The van der Waals surface area contributed by atoms with Gasteiger partial charge in [0, 0.05) is 31.7 Å². The highest BCUT2D eigenvalue weighted by molar-refractivity contribution is 7.87. The predicted molar refractivity (Wildman–Crippen MR) is 123 cm³/mol. The minimum Gasteiger partial charge on any atom is -0.379 e. The zero-order chi connectivity index (χ0) is 21.3. The van der Waals surface area contributed by atoms with Gasteiger partial charge in [0.25, 0.3) is 10.2 Å². The van der Waals surface area contributed by atoms with E-state index in [1.165, 1.54) is 16.7 Å². The molecule has 170 valence electrons. The maximum absolute atomic E-state index is 12.7. The third kappa shape index (κ3) is 5.22. The van der Waals surface area contributed by atoms with Crippen molar-refractivity contribution in [3.05, 3.63) is 41.0 Å². The summed E-state index contributed by atoms with van der Waals surface area (Å²) in [5.74, 6) is 0.781. The van der Waals surface area contributed by atoms with Crippen molar-refractivity contribution >= 4 is 16.3 Å². The molecule has 0 aromatic heterocycles. The quantitative estimate of drug-likeness (QED) is 0.677. The minimum absolute atomic E-state index is 0.0466. The Labute approximate surface area is 186 Å². The maximum Gasteiger partial charge on any atom is 0.277 e. The lowest BCUT2D eigenvalue weighted by Crippen LogP contribution is -2.51. The highest BCUT2D eigenvalue weighted by Crippen LogP contribution is 2.40. The van der Waals surface area contributed by atoms with Crippen molar-refractivity contribution < 1.29 is 13.2 Å². The van der Waals surface area contributed by atoms with Crippen LogP contribution in [0.2, 0.25) is 0 Å². The lowest BCUT2D eigenvalue weighted by Gasteiger charge is -2.29. The largest absolute Gasteiger partial charge is 0.379 e. The minimum atomic E-state index is -3.43. The molecule has 31 heavy (non-hydrogen) atoms. The van der Waals surface area contributed by atoms with E-state index in [0.29, 0.717) is 11.8 Å². The molecule has 0 spiro atoms. The van der Waals surface area contributed by atoms with E-state index in [4.69, 9.17) is 4.74 Å². The van der Waals surface area contributed by atoms with E-state index in [9.17, 15) is 8.42 Å². The second-order valence-electron chi connectivity index (χ2n) is 9.74. The Hall–Kier alpha value is -1.25. The van der Waals surface area contributed by atoms with Crippen molar-refractivity contribution in [3.8, 4) is 0 Å². The van der Waals surface area contributed by atoms with Crippen LogP contribution in [0.5, 0.6) is 0 Å². The van der Waals surface area contributed by atoms with Crippen LogP contribution < -0.4 is 9.44 Å². The monoisotopic (exact) mass is 445 g/mol. The molecule has 3 aliphatic carbocycles. The molecule has 2 bridgehead atoms. The van der Waals surface area contributed by atoms with Gasteiger partial charge in [-0.2, -0.15) is 17.9 Å². The van der Waals surface area contributed by atoms with E-state index < -0.39 is 10.2 Å². The van der Waals surface area contributed by atoms with Crippen LogP contribution in [0.25, 0.3) is 6.08 Å². The van der Waals surface area contributed by atoms with E-state index >= 15 is 0 Å². The molecule has 0 amide bonds. The Morgan fingerprint density at radius 1 is 1.00 bits per heavy atom. The second-order valence-corrected chi connectivity index (χ2v) is 11.2. The molecule has 1 aromatic rings. The van der Waals surface area contributed by atoms with Crippen molar-refractivity contribution in [2.75, 3.05) is 32.8 Å². The first-order valence-corrected chi connectivity index (χ1v) is 13.4. The Bertz CT molecular complexity index is 907. The summed E-state index contributed by atoms with van der Waals surface area (Å²) in [6.45, 7) is 4.63. The topological polar surface area (TPSA) is 70.7 Å². The fourth-order valence-corrected chi connectivity index (χ4v) is 7.09. The number of ether oxygens (including phenoxy) is 1. The Kier molecular flexibility index (Phi) is 6.49. The zero-order valence-electron chi connectivity index (χ0n) is 18.3. The van der Waals surface area contributed by atoms with Crippen LogP contribution in [0.1, 0.15) is 48.8 Å². The second kappa shape index (κ2) is 9.32. The fourth-order valence-electron chi connectivity index (χ4n) is 5.61. The molecule has 0 radical (unpaired) electrons. The third-order valence-electron chi connectivity index (χ3n) is 7.61. The Morgan fingerprint density at radius 2 is 1.74 bits per heavy atom. The summed E-state index contributed by atoms with van der Waals surface area (Å²) in [5.41, 5.74) is 4.04. The highest BCUT2D eigenvalue weighted by atomic mass is 32.2. The summed E-state index contributed by atoms with van der Waals surface area (Å²) in [7, 11) is -3.43. The van der Waals surface area contributed by atoms with E-state index in [1.54, 1.807) is 0 Å². The number of nitrogens with one attached hydrogen (secondary N) is 2. The van der Waals surface area contributed by atoms with Crippen LogP contribution in [0, 0.1) is 11.8 Å². The zero-order valence-corrected chi connectivity index (χ0v) is 19.1. The van der Waals surface area contributed by atoms with Crippen LogP contribution in [-0.4, -0.2) is 58.2 Å². The molecule has 2 N–H and O–H groups in total. The number of benzene rings is 1. The van der Waals surface area contributed by atoms with Gasteiger partial charge in [-0.3, -0.25) is 4.90 Å². The average Bonchev–Trinajstić information content (AvgIpc) is 2.99. The van der Waals surface area contributed by atoms with Gasteiger partial charge in [-0.15, -0.1) is 0 Å². The molecule has 5 rings (SSSR count). The predicted octanol–water partition coefficient (Wildman–Crippen LogP) is 2.50. The molecule has 4 aliphatic rings. The average molecular weight is 446 g/mol. The van der Waals surface area contributed by atoms with Gasteiger partial charge in [-0.05, 0) is 67.1 Å². The van der Waals surface area contributed by atoms with Crippen molar-refractivity contribution in [1.29, 1.82) is 0 Å². The number of rotatable bonds is 7. The smallest absolute Gasteiger partial charge is 0.277 e. The van der Waals surface area contributed by atoms with Crippen LogP contribution in [-0.2, 0) is 27.8 Å². The number of hydrogen-bond donors (Lipinski definition) is 2. The van der Waals surface area contributed by atoms with E-state index in [1.807, 2.05) is 0 Å². The van der Waals surface area contributed by atoms with Gasteiger partial charge >= 0.3 is 0 Å². The highest BCUT2D eigenvalue weighted by Gasteiger charge is 2.41. The number of nitrogens with zero attached hydrogens (tertiary/aromatic N) is 1. The molecule has 1 heterocycles. The number of fused-ring (bicyclic) bond motifs is 3. The molecule has 0 unspecified atom stereocenters.